The van der Waals surface area contributed by atoms with E-state index < -0.39 is 17.5 Å². The molecule has 1 amide bonds. The summed E-state index contributed by atoms with van der Waals surface area (Å²) in [5.41, 5.74) is 2.26. The SMILES string of the molecule is O=C(Oc1ccc(C=NNC(=O)C(O)(c2ccccc2)c2ccccc2)cc1)c1ccccc1Cl. The van der Waals surface area contributed by atoms with E-state index in [1.54, 1.807) is 109 Å². The van der Waals surface area contributed by atoms with Crippen LogP contribution in [0.25, 0.3) is 0 Å². The molecule has 0 aliphatic heterocycles. The lowest BCUT2D eigenvalue weighted by Crippen LogP contribution is -2.43. The molecule has 4 aromatic carbocycles. The summed E-state index contributed by atoms with van der Waals surface area (Å²) in [6.07, 6.45) is 1.42. The molecule has 35 heavy (non-hydrogen) atoms. The Morgan fingerprint density at radius 1 is 0.800 bits per heavy atom. The average Bonchev–Trinajstić information content (AvgIpc) is 2.90. The number of amides is 1. The molecule has 0 aliphatic rings. The third kappa shape index (κ3) is 5.46. The summed E-state index contributed by atoms with van der Waals surface area (Å²) < 4.78 is 5.35. The second-order valence-corrected chi connectivity index (χ2v) is 7.99. The quantitative estimate of drug-likeness (QED) is 0.168. The summed E-state index contributed by atoms with van der Waals surface area (Å²) in [4.78, 5) is 25.3. The monoisotopic (exact) mass is 484 g/mol. The molecule has 0 unspecified atom stereocenters. The number of ether oxygens (including phenoxy) is 1. The van der Waals surface area contributed by atoms with Gasteiger partial charge in [0.25, 0.3) is 5.91 Å². The lowest BCUT2D eigenvalue weighted by Gasteiger charge is -2.27. The van der Waals surface area contributed by atoms with E-state index >= 15 is 0 Å². The van der Waals surface area contributed by atoms with Crippen molar-refractivity contribution in [3.63, 3.8) is 0 Å². The second kappa shape index (κ2) is 10.8. The van der Waals surface area contributed by atoms with Gasteiger partial charge >= 0.3 is 5.97 Å². The highest BCUT2D eigenvalue weighted by Gasteiger charge is 2.39. The number of hydrogen-bond acceptors (Lipinski definition) is 5. The van der Waals surface area contributed by atoms with E-state index in [0.717, 1.165) is 0 Å². The van der Waals surface area contributed by atoms with Crippen molar-refractivity contribution in [1.29, 1.82) is 0 Å². The molecular formula is C28H21ClN2O4. The first kappa shape index (κ1) is 23.9. The Morgan fingerprint density at radius 2 is 1.34 bits per heavy atom. The van der Waals surface area contributed by atoms with E-state index in [-0.39, 0.29) is 5.56 Å². The van der Waals surface area contributed by atoms with Crippen molar-refractivity contribution in [2.75, 3.05) is 0 Å². The highest BCUT2D eigenvalue weighted by Crippen LogP contribution is 2.29. The van der Waals surface area contributed by atoms with Crippen LogP contribution in [0.2, 0.25) is 5.02 Å². The first-order valence-corrected chi connectivity index (χ1v) is 11.1. The fourth-order valence-corrected chi connectivity index (χ4v) is 3.66. The number of benzene rings is 4. The average molecular weight is 485 g/mol. The number of carbonyl (C=O) groups is 2. The summed E-state index contributed by atoms with van der Waals surface area (Å²) in [7, 11) is 0. The van der Waals surface area contributed by atoms with Crippen LogP contribution in [0, 0.1) is 0 Å². The van der Waals surface area contributed by atoms with E-state index in [1.807, 2.05) is 0 Å². The van der Waals surface area contributed by atoms with Crippen molar-refractivity contribution >= 4 is 29.7 Å². The van der Waals surface area contributed by atoms with Crippen LogP contribution < -0.4 is 10.2 Å². The summed E-state index contributed by atoms with van der Waals surface area (Å²) in [5.74, 6) is -0.930. The molecule has 0 heterocycles. The molecule has 0 aliphatic carbocycles. The summed E-state index contributed by atoms with van der Waals surface area (Å²) in [5, 5.41) is 15.7. The van der Waals surface area contributed by atoms with Crippen molar-refractivity contribution < 1.29 is 19.4 Å². The summed E-state index contributed by atoms with van der Waals surface area (Å²) in [6, 6.07) is 30.5. The first-order chi connectivity index (χ1) is 17.0. The number of nitrogens with zero attached hydrogens (tertiary/aromatic N) is 1. The molecule has 4 aromatic rings. The first-order valence-electron chi connectivity index (χ1n) is 10.7. The zero-order chi connectivity index (χ0) is 24.7. The number of hydrazone groups is 1. The van der Waals surface area contributed by atoms with Gasteiger partial charge in [0.15, 0.2) is 5.60 Å². The van der Waals surface area contributed by atoms with Gasteiger partial charge in [-0.1, -0.05) is 84.4 Å². The predicted molar refractivity (Wildman–Crippen MR) is 134 cm³/mol. The van der Waals surface area contributed by atoms with Crippen LogP contribution in [0.1, 0.15) is 27.0 Å². The highest BCUT2D eigenvalue weighted by atomic mass is 35.5. The third-order valence-electron chi connectivity index (χ3n) is 5.28. The van der Waals surface area contributed by atoms with Gasteiger partial charge in [-0.15, -0.1) is 0 Å². The number of carbonyl (C=O) groups excluding carboxylic acids is 2. The molecule has 7 heteroatoms. The number of halogens is 1. The molecule has 0 aromatic heterocycles. The maximum atomic E-state index is 13.1. The minimum atomic E-state index is -1.92. The van der Waals surface area contributed by atoms with E-state index in [4.69, 9.17) is 16.3 Å². The molecule has 2 N–H and O–H groups in total. The van der Waals surface area contributed by atoms with Crippen LogP contribution in [0.5, 0.6) is 5.75 Å². The summed E-state index contributed by atoms with van der Waals surface area (Å²) in [6.45, 7) is 0. The molecule has 6 nitrogen and oxygen atoms in total. The van der Waals surface area contributed by atoms with Crippen LogP contribution in [0.4, 0.5) is 0 Å². The van der Waals surface area contributed by atoms with Gasteiger partial charge in [-0.05, 0) is 53.1 Å². The molecule has 0 bridgehead atoms. The van der Waals surface area contributed by atoms with Gasteiger partial charge in [-0.3, -0.25) is 4.79 Å². The number of aliphatic hydroxyl groups is 1. The largest absolute Gasteiger partial charge is 0.423 e. The number of esters is 1. The Bertz CT molecular complexity index is 1300. The minimum absolute atomic E-state index is 0.270. The Kier molecular flexibility index (Phi) is 7.35. The van der Waals surface area contributed by atoms with Gasteiger partial charge in [0.05, 0.1) is 16.8 Å². The van der Waals surface area contributed by atoms with Crippen LogP contribution in [-0.2, 0) is 10.4 Å². The summed E-state index contributed by atoms with van der Waals surface area (Å²) >= 11 is 6.03. The molecule has 174 valence electrons. The van der Waals surface area contributed by atoms with E-state index in [9.17, 15) is 14.7 Å². The van der Waals surface area contributed by atoms with Crippen LogP contribution in [0.15, 0.2) is 114 Å². The fraction of sp³-hybridized carbons (Fsp3) is 0.0357. The molecule has 0 saturated carbocycles. The van der Waals surface area contributed by atoms with Gasteiger partial charge in [0.2, 0.25) is 0 Å². The Morgan fingerprint density at radius 3 is 1.91 bits per heavy atom. The Labute approximate surface area is 207 Å². The smallest absolute Gasteiger partial charge is 0.345 e. The Balaban J connectivity index is 1.45. The number of rotatable bonds is 7. The maximum Gasteiger partial charge on any atom is 0.345 e. The zero-order valence-electron chi connectivity index (χ0n) is 18.5. The van der Waals surface area contributed by atoms with Crippen LogP contribution in [0.3, 0.4) is 0 Å². The highest BCUT2D eigenvalue weighted by molar-refractivity contribution is 6.33. The van der Waals surface area contributed by atoms with Crippen molar-refractivity contribution in [2.24, 2.45) is 5.10 Å². The molecule has 0 saturated heterocycles. The van der Waals surface area contributed by atoms with Gasteiger partial charge in [-0.25, -0.2) is 10.2 Å². The van der Waals surface area contributed by atoms with Crippen molar-refractivity contribution in [3.8, 4) is 5.75 Å². The molecule has 0 atom stereocenters. The lowest BCUT2D eigenvalue weighted by molar-refractivity contribution is -0.136. The fourth-order valence-electron chi connectivity index (χ4n) is 3.44. The molecule has 0 fully saturated rings. The normalized spacial score (nSPS) is 11.3. The van der Waals surface area contributed by atoms with E-state index in [2.05, 4.69) is 10.5 Å². The molecule has 0 spiro atoms. The molecule has 4 rings (SSSR count). The van der Waals surface area contributed by atoms with Gasteiger partial charge in [0, 0.05) is 0 Å². The van der Waals surface area contributed by atoms with Crippen molar-refractivity contribution in [1.82, 2.24) is 5.43 Å². The molecular weight excluding hydrogens is 464 g/mol. The van der Waals surface area contributed by atoms with Crippen LogP contribution >= 0.6 is 11.6 Å². The third-order valence-corrected chi connectivity index (χ3v) is 5.61. The lowest BCUT2D eigenvalue weighted by atomic mass is 9.85. The van der Waals surface area contributed by atoms with E-state index in [0.29, 0.717) is 27.5 Å². The van der Waals surface area contributed by atoms with E-state index in [1.165, 1.54) is 6.21 Å². The van der Waals surface area contributed by atoms with Crippen molar-refractivity contribution in [3.05, 3.63) is 136 Å². The molecule has 0 radical (unpaired) electrons. The van der Waals surface area contributed by atoms with Crippen molar-refractivity contribution in [2.45, 2.75) is 5.60 Å². The topological polar surface area (TPSA) is 88.0 Å². The standard InChI is InChI=1S/C28H21ClN2O4/c29-25-14-8-7-13-24(25)26(32)35-23-17-15-20(16-18-23)19-30-31-27(33)28(34,21-9-3-1-4-10-21)22-11-5-2-6-12-22/h1-19,34H,(H,31,33). The van der Waals surface area contributed by atoms with Gasteiger partial charge < -0.3 is 9.84 Å². The van der Waals surface area contributed by atoms with Gasteiger partial charge in [0.1, 0.15) is 5.75 Å². The minimum Gasteiger partial charge on any atom is -0.423 e. The predicted octanol–water partition coefficient (Wildman–Crippen LogP) is 4.95. The second-order valence-electron chi connectivity index (χ2n) is 7.58. The van der Waals surface area contributed by atoms with Crippen LogP contribution in [-0.4, -0.2) is 23.2 Å². The zero-order valence-corrected chi connectivity index (χ0v) is 19.2. The number of nitrogens with one attached hydrogen (secondary N) is 1. The van der Waals surface area contributed by atoms with Gasteiger partial charge in [-0.2, -0.15) is 5.10 Å². The number of hydrogen-bond donors (Lipinski definition) is 2. The maximum absolute atomic E-state index is 13.1. The Hall–Kier alpha value is -4.26.